The van der Waals surface area contributed by atoms with Crippen molar-refractivity contribution in [3.63, 3.8) is 0 Å². The van der Waals surface area contributed by atoms with Gasteiger partial charge in [0.05, 0.1) is 23.7 Å². The maximum absolute atomic E-state index is 13.4. The number of hydrogen-bond donors (Lipinski definition) is 1. The topological polar surface area (TPSA) is 75.7 Å². The first-order valence-corrected chi connectivity index (χ1v) is 11.4. The van der Waals surface area contributed by atoms with Crippen LogP contribution in [-0.4, -0.2) is 28.0 Å². The van der Waals surface area contributed by atoms with Gasteiger partial charge in [-0.1, -0.05) is 29.8 Å². The fourth-order valence-electron chi connectivity index (χ4n) is 3.15. The van der Waals surface area contributed by atoms with E-state index < -0.39 is 28.3 Å². The second-order valence-corrected chi connectivity index (χ2v) is 9.23. The number of nitrogens with zero attached hydrogens (tertiary/aromatic N) is 1. The van der Waals surface area contributed by atoms with Gasteiger partial charge in [0.1, 0.15) is 18.1 Å². The Morgan fingerprint density at radius 1 is 1.00 bits per heavy atom. The molecule has 168 valence electrons. The Bertz CT molecular complexity index is 1160. The van der Waals surface area contributed by atoms with Crippen LogP contribution in [0.1, 0.15) is 24.1 Å². The lowest BCUT2D eigenvalue weighted by atomic mass is 10.1. The molecule has 0 saturated carbocycles. The first-order chi connectivity index (χ1) is 15.2. The molecular formula is C24H25FN2O4S. The van der Waals surface area contributed by atoms with E-state index in [4.69, 9.17) is 4.74 Å². The summed E-state index contributed by atoms with van der Waals surface area (Å²) >= 11 is 0. The molecule has 6 nitrogen and oxygen atoms in total. The number of carbonyl (C=O) groups is 1. The highest BCUT2D eigenvalue weighted by molar-refractivity contribution is 7.92. The quantitative estimate of drug-likeness (QED) is 0.551. The SMILES string of the molecule is COc1ccc(S(=O)(=O)N(CC(=O)NC(C)c2ccc(C)cc2)c2ccc(F)cc2)cc1. The summed E-state index contributed by atoms with van der Waals surface area (Å²) in [4.78, 5) is 12.8. The predicted molar refractivity (Wildman–Crippen MR) is 122 cm³/mol. The molecule has 0 aliphatic heterocycles. The number of amides is 1. The fraction of sp³-hybridized carbons (Fsp3) is 0.208. The summed E-state index contributed by atoms with van der Waals surface area (Å²) in [6, 6.07) is 18.2. The standard InChI is InChI=1S/C24H25FN2O4S/c1-17-4-6-19(7-5-17)18(2)26-24(28)16-27(21-10-8-20(25)9-11-21)32(29,30)23-14-12-22(31-3)13-15-23/h4-15,18H,16H2,1-3H3,(H,26,28). The van der Waals surface area contributed by atoms with Gasteiger partial charge in [-0.15, -0.1) is 0 Å². The molecule has 0 bridgehead atoms. The summed E-state index contributed by atoms with van der Waals surface area (Å²) in [6.45, 7) is 3.33. The molecule has 1 atom stereocenters. The molecule has 1 N–H and O–H groups in total. The highest BCUT2D eigenvalue weighted by Crippen LogP contribution is 2.25. The molecule has 0 spiro atoms. The molecule has 0 aliphatic carbocycles. The lowest BCUT2D eigenvalue weighted by Crippen LogP contribution is -2.41. The summed E-state index contributed by atoms with van der Waals surface area (Å²) in [5.41, 5.74) is 2.18. The maximum Gasteiger partial charge on any atom is 0.264 e. The molecule has 0 heterocycles. The number of halogens is 1. The number of rotatable bonds is 8. The van der Waals surface area contributed by atoms with E-state index in [1.165, 1.54) is 43.5 Å². The minimum Gasteiger partial charge on any atom is -0.497 e. The van der Waals surface area contributed by atoms with E-state index in [-0.39, 0.29) is 16.6 Å². The van der Waals surface area contributed by atoms with Crippen LogP contribution in [-0.2, 0) is 14.8 Å². The molecular weight excluding hydrogens is 431 g/mol. The molecule has 3 aromatic rings. The minimum atomic E-state index is -4.10. The maximum atomic E-state index is 13.4. The first-order valence-electron chi connectivity index (χ1n) is 9.99. The number of hydrogen-bond acceptors (Lipinski definition) is 4. The highest BCUT2D eigenvalue weighted by atomic mass is 32.2. The largest absolute Gasteiger partial charge is 0.497 e. The normalized spacial score (nSPS) is 12.1. The Morgan fingerprint density at radius 2 is 1.59 bits per heavy atom. The van der Waals surface area contributed by atoms with Crippen molar-refractivity contribution >= 4 is 21.6 Å². The van der Waals surface area contributed by atoms with E-state index in [1.807, 2.05) is 38.1 Å². The lowest BCUT2D eigenvalue weighted by Gasteiger charge is -2.25. The molecule has 0 saturated heterocycles. The van der Waals surface area contributed by atoms with Crippen molar-refractivity contribution in [2.45, 2.75) is 24.8 Å². The monoisotopic (exact) mass is 456 g/mol. The summed E-state index contributed by atoms with van der Waals surface area (Å²) in [5.74, 6) is -0.491. The van der Waals surface area contributed by atoms with Crippen LogP contribution in [0.2, 0.25) is 0 Å². The first kappa shape index (κ1) is 23.3. The van der Waals surface area contributed by atoms with Crippen molar-refractivity contribution in [2.75, 3.05) is 18.0 Å². The molecule has 0 fully saturated rings. The van der Waals surface area contributed by atoms with Crippen LogP contribution in [0, 0.1) is 12.7 Å². The van der Waals surface area contributed by atoms with Gasteiger partial charge in [-0.05, 0) is 67.9 Å². The predicted octanol–water partition coefficient (Wildman–Crippen LogP) is 4.22. The number of methoxy groups -OCH3 is 1. The Morgan fingerprint density at radius 3 is 2.16 bits per heavy atom. The van der Waals surface area contributed by atoms with E-state index in [1.54, 1.807) is 0 Å². The van der Waals surface area contributed by atoms with Crippen LogP contribution in [0.25, 0.3) is 0 Å². The third-order valence-electron chi connectivity index (χ3n) is 5.00. The van der Waals surface area contributed by atoms with Gasteiger partial charge in [0, 0.05) is 0 Å². The number of carbonyl (C=O) groups excluding carboxylic acids is 1. The van der Waals surface area contributed by atoms with E-state index in [0.717, 1.165) is 27.6 Å². The van der Waals surface area contributed by atoms with E-state index in [0.29, 0.717) is 5.75 Å². The Labute approximate surface area is 187 Å². The minimum absolute atomic E-state index is 0.0120. The summed E-state index contributed by atoms with van der Waals surface area (Å²) in [7, 11) is -2.62. The number of benzene rings is 3. The third kappa shape index (κ3) is 5.45. The van der Waals surface area contributed by atoms with Gasteiger partial charge in [-0.25, -0.2) is 12.8 Å². The number of sulfonamides is 1. The second kappa shape index (κ2) is 9.82. The molecule has 0 aliphatic rings. The molecule has 0 aromatic heterocycles. The molecule has 1 unspecified atom stereocenters. The number of nitrogens with one attached hydrogen (secondary N) is 1. The molecule has 0 radical (unpaired) electrons. The average molecular weight is 457 g/mol. The molecule has 3 aromatic carbocycles. The zero-order valence-electron chi connectivity index (χ0n) is 18.1. The van der Waals surface area contributed by atoms with E-state index in [2.05, 4.69) is 5.32 Å². The zero-order valence-corrected chi connectivity index (χ0v) is 18.9. The molecule has 1 amide bonds. The zero-order chi connectivity index (χ0) is 23.3. The fourth-order valence-corrected chi connectivity index (χ4v) is 4.57. The number of ether oxygens (including phenoxy) is 1. The van der Waals surface area contributed by atoms with Gasteiger partial charge in [0.25, 0.3) is 10.0 Å². The van der Waals surface area contributed by atoms with Crippen LogP contribution in [0.5, 0.6) is 5.75 Å². The Hall–Kier alpha value is -3.39. The number of aryl methyl sites for hydroxylation is 1. The number of anilines is 1. The molecule has 3 rings (SSSR count). The van der Waals surface area contributed by atoms with Crippen molar-refractivity contribution in [1.29, 1.82) is 0 Å². The average Bonchev–Trinajstić information content (AvgIpc) is 2.78. The molecule has 32 heavy (non-hydrogen) atoms. The summed E-state index contributed by atoms with van der Waals surface area (Å²) in [5, 5.41) is 2.83. The van der Waals surface area contributed by atoms with Crippen molar-refractivity contribution in [2.24, 2.45) is 0 Å². The lowest BCUT2D eigenvalue weighted by molar-refractivity contribution is -0.120. The van der Waals surface area contributed by atoms with Crippen LogP contribution in [0.15, 0.2) is 77.7 Å². The van der Waals surface area contributed by atoms with Crippen molar-refractivity contribution in [1.82, 2.24) is 5.32 Å². The highest BCUT2D eigenvalue weighted by Gasteiger charge is 2.28. The van der Waals surface area contributed by atoms with Crippen LogP contribution in [0.3, 0.4) is 0 Å². The van der Waals surface area contributed by atoms with Gasteiger partial charge in [-0.2, -0.15) is 0 Å². The van der Waals surface area contributed by atoms with Gasteiger partial charge < -0.3 is 10.1 Å². The second-order valence-electron chi connectivity index (χ2n) is 7.36. The van der Waals surface area contributed by atoms with Gasteiger partial charge in [0.2, 0.25) is 5.91 Å². The Balaban J connectivity index is 1.87. The van der Waals surface area contributed by atoms with Gasteiger partial charge >= 0.3 is 0 Å². The van der Waals surface area contributed by atoms with Crippen molar-refractivity contribution < 1.29 is 22.3 Å². The van der Waals surface area contributed by atoms with E-state index >= 15 is 0 Å². The van der Waals surface area contributed by atoms with Crippen LogP contribution < -0.4 is 14.4 Å². The smallest absolute Gasteiger partial charge is 0.264 e. The van der Waals surface area contributed by atoms with Gasteiger partial charge in [0.15, 0.2) is 0 Å². The molecule has 8 heteroatoms. The van der Waals surface area contributed by atoms with Crippen molar-refractivity contribution in [3.05, 3.63) is 89.7 Å². The Kier molecular flexibility index (Phi) is 7.15. The third-order valence-corrected chi connectivity index (χ3v) is 6.79. The summed E-state index contributed by atoms with van der Waals surface area (Å²) < 4.78 is 46.2. The van der Waals surface area contributed by atoms with E-state index in [9.17, 15) is 17.6 Å². The summed E-state index contributed by atoms with van der Waals surface area (Å²) in [6.07, 6.45) is 0. The van der Waals surface area contributed by atoms with Gasteiger partial charge in [-0.3, -0.25) is 9.10 Å². The van der Waals surface area contributed by atoms with Crippen LogP contribution in [0.4, 0.5) is 10.1 Å². The van der Waals surface area contributed by atoms with Crippen LogP contribution >= 0.6 is 0 Å². The van der Waals surface area contributed by atoms with Crippen molar-refractivity contribution in [3.8, 4) is 5.75 Å².